The van der Waals surface area contributed by atoms with E-state index in [1.807, 2.05) is 12.1 Å². The number of hydrogen-bond acceptors (Lipinski definition) is 5. The van der Waals surface area contributed by atoms with Crippen LogP contribution in [0, 0.1) is 5.82 Å². The maximum Gasteiger partial charge on any atom is 0.310 e. The van der Waals surface area contributed by atoms with Crippen molar-refractivity contribution in [2.24, 2.45) is 0 Å². The smallest absolute Gasteiger partial charge is 0.310 e. The molecule has 0 radical (unpaired) electrons. The third kappa shape index (κ3) is 5.10. The third-order valence-corrected chi connectivity index (χ3v) is 4.20. The second-order valence-electron chi connectivity index (χ2n) is 5.84. The highest BCUT2D eigenvalue weighted by Crippen LogP contribution is 2.30. The molecule has 0 bridgehead atoms. The van der Waals surface area contributed by atoms with E-state index in [4.69, 9.17) is 25.8 Å². The maximum atomic E-state index is 13.6. The first-order chi connectivity index (χ1) is 13.0. The Morgan fingerprint density at radius 3 is 2.74 bits per heavy atom. The molecule has 1 aliphatic rings. The summed E-state index contributed by atoms with van der Waals surface area (Å²) in [7, 11) is 0. The van der Waals surface area contributed by atoms with Crippen molar-refractivity contribution in [1.29, 1.82) is 0 Å². The molecule has 3 rings (SSSR count). The average molecular weight is 394 g/mol. The van der Waals surface area contributed by atoms with Gasteiger partial charge in [0.15, 0.2) is 18.1 Å². The molecule has 0 saturated heterocycles. The summed E-state index contributed by atoms with van der Waals surface area (Å²) in [5, 5.41) is 2.73. The van der Waals surface area contributed by atoms with Crippen molar-refractivity contribution in [2.75, 3.05) is 19.8 Å². The number of rotatable bonds is 6. The highest BCUT2D eigenvalue weighted by Gasteiger charge is 2.21. The molecule has 1 aliphatic heterocycles. The first-order valence-electron chi connectivity index (χ1n) is 8.26. The molecule has 6 nitrogen and oxygen atoms in total. The fourth-order valence-electron chi connectivity index (χ4n) is 2.48. The molecule has 1 heterocycles. The van der Waals surface area contributed by atoms with E-state index in [9.17, 15) is 14.0 Å². The molecule has 2 aromatic rings. The average Bonchev–Trinajstić information content (AvgIpc) is 2.67. The zero-order chi connectivity index (χ0) is 19.2. The van der Waals surface area contributed by atoms with Gasteiger partial charge < -0.3 is 19.5 Å². The van der Waals surface area contributed by atoms with Gasteiger partial charge in [0.1, 0.15) is 18.5 Å². The fourth-order valence-corrected chi connectivity index (χ4v) is 2.71. The molecular formula is C19H17ClFNO5. The van der Waals surface area contributed by atoms with Crippen molar-refractivity contribution in [3.63, 3.8) is 0 Å². The monoisotopic (exact) mass is 393 g/mol. The minimum absolute atomic E-state index is 0.0380. The fraction of sp³-hybridized carbons (Fsp3) is 0.263. The van der Waals surface area contributed by atoms with Gasteiger partial charge in [-0.15, -0.1) is 0 Å². The Balaban J connectivity index is 1.40. The highest BCUT2D eigenvalue weighted by atomic mass is 35.5. The first kappa shape index (κ1) is 19.0. The number of hydrogen-bond donors (Lipinski definition) is 1. The molecule has 0 fully saturated rings. The molecule has 0 saturated carbocycles. The molecule has 1 N–H and O–H groups in total. The zero-order valence-corrected chi connectivity index (χ0v) is 15.0. The number of carbonyl (C=O) groups is 2. The number of para-hydroxylation sites is 2. The molecule has 1 unspecified atom stereocenters. The lowest BCUT2D eigenvalue weighted by Crippen LogP contribution is -2.42. The zero-order valence-electron chi connectivity index (χ0n) is 14.2. The summed E-state index contributed by atoms with van der Waals surface area (Å²) in [5.41, 5.74) is 0.0380. The number of nitrogens with one attached hydrogen (secondary N) is 1. The van der Waals surface area contributed by atoms with Gasteiger partial charge in [-0.3, -0.25) is 9.59 Å². The number of benzene rings is 2. The van der Waals surface area contributed by atoms with Crippen LogP contribution in [0.25, 0.3) is 0 Å². The van der Waals surface area contributed by atoms with Crippen molar-refractivity contribution in [1.82, 2.24) is 5.32 Å². The van der Waals surface area contributed by atoms with Crippen LogP contribution in [0.1, 0.15) is 5.56 Å². The van der Waals surface area contributed by atoms with Gasteiger partial charge in [-0.2, -0.15) is 0 Å². The van der Waals surface area contributed by atoms with Crippen LogP contribution in [0.2, 0.25) is 5.02 Å². The molecule has 0 aromatic heterocycles. The van der Waals surface area contributed by atoms with Crippen LogP contribution in [-0.4, -0.2) is 37.7 Å². The third-order valence-electron chi connectivity index (χ3n) is 3.84. The molecule has 0 aliphatic carbocycles. The van der Waals surface area contributed by atoms with E-state index < -0.39 is 24.3 Å². The molecule has 142 valence electrons. The summed E-state index contributed by atoms with van der Waals surface area (Å²) in [6, 6.07) is 11.4. The molecule has 8 heteroatoms. The van der Waals surface area contributed by atoms with E-state index in [-0.39, 0.29) is 29.7 Å². The second kappa shape index (κ2) is 8.73. The standard InChI is InChI=1S/C19H17ClFNO5/c20-14-4-3-5-15(21)13(14)8-19(24)26-11-18(23)22-9-12-10-25-16-6-1-2-7-17(16)27-12/h1-7,12H,8-11H2,(H,22,23). The van der Waals surface area contributed by atoms with Gasteiger partial charge in [0.25, 0.3) is 5.91 Å². The number of fused-ring (bicyclic) bond motifs is 1. The van der Waals surface area contributed by atoms with Crippen LogP contribution in [0.15, 0.2) is 42.5 Å². The van der Waals surface area contributed by atoms with Crippen LogP contribution in [-0.2, 0) is 20.7 Å². The lowest BCUT2D eigenvalue weighted by Gasteiger charge is -2.26. The van der Waals surface area contributed by atoms with E-state index in [0.29, 0.717) is 18.1 Å². The summed E-state index contributed by atoms with van der Waals surface area (Å²) >= 11 is 5.86. The summed E-state index contributed by atoms with van der Waals surface area (Å²) in [4.78, 5) is 23.6. The van der Waals surface area contributed by atoms with Gasteiger partial charge in [0.05, 0.1) is 13.0 Å². The van der Waals surface area contributed by atoms with E-state index in [0.717, 1.165) is 0 Å². The Hall–Kier alpha value is -2.80. The van der Waals surface area contributed by atoms with Crippen molar-refractivity contribution in [3.8, 4) is 11.5 Å². The molecular weight excluding hydrogens is 377 g/mol. The molecule has 1 atom stereocenters. The lowest BCUT2D eigenvalue weighted by molar-refractivity contribution is -0.148. The van der Waals surface area contributed by atoms with Gasteiger partial charge in [-0.05, 0) is 24.3 Å². The van der Waals surface area contributed by atoms with E-state index in [2.05, 4.69) is 5.32 Å². The predicted molar refractivity (Wildman–Crippen MR) is 95.4 cm³/mol. The van der Waals surface area contributed by atoms with Crippen LogP contribution in [0.3, 0.4) is 0 Å². The Morgan fingerprint density at radius 2 is 1.96 bits per heavy atom. The van der Waals surface area contributed by atoms with Gasteiger partial charge in [-0.1, -0.05) is 29.8 Å². The van der Waals surface area contributed by atoms with Crippen molar-refractivity contribution >= 4 is 23.5 Å². The second-order valence-corrected chi connectivity index (χ2v) is 6.25. The lowest BCUT2D eigenvalue weighted by atomic mass is 10.1. The Kier molecular flexibility index (Phi) is 6.13. The minimum atomic E-state index is -0.747. The SMILES string of the molecule is O=C(COC(=O)Cc1c(F)cccc1Cl)NCC1COc2ccccc2O1. The van der Waals surface area contributed by atoms with Gasteiger partial charge in [-0.25, -0.2) is 4.39 Å². The largest absolute Gasteiger partial charge is 0.486 e. The number of esters is 1. The number of amides is 1. The van der Waals surface area contributed by atoms with Gasteiger partial charge in [0.2, 0.25) is 0 Å². The quantitative estimate of drug-likeness (QED) is 0.763. The summed E-state index contributed by atoms with van der Waals surface area (Å²) < 4.78 is 29.8. The van der Waals surface area contributed by atoms with E-state index >= 15 is 0 Å². The van der Waals surface area contributed by atoms with Crippen molar-refractivity contribution in [3.05, 3.63) is 58.9 Å². The van der Waals surface area contributed by atoms with Gasteiger partial charge in [0, 0.05) is 10.6 Å². The normalized spacial score (nSPS) is 15.1. The minimum Gasteiger partial charge on any atom is -0.486 e. The number of ether oxygens (including phenoxy) is 3. The van der Waals surface area contributed by atoms with E-state index in [1.165, 1.54) is 18.2 Å². The molecule has 2 aromatic carbocycles. The molecule has 0 spiro atoms. The van der Waals surface area contributed by atoms with Crippen LogP contribution in [0.5, 0.6) is 11.5 Å². The summed E-state index contributed by atoms with van der Waals surface area (Å²) in [6.07, 6.45) is -0.702. The van der Waals surface area contributed by atoms with Crippen molar-refractivity contribution in [2.45, 2.75) is 12.5 Å². The maximum absolute atomic E-state index is 13.6. The van der Waals surface area contributed by atoms with E-state index in [1.54, 1.807) is 12.1 Å². The van der Waals surface area contributed by atoms with Crippen molar-refractivity contribution < 1.29 is 28.2 Å². The van der Waals surface area contributed by atoms with Crippen LogP contribution in [0.4, 0.5) is 4.39 Å². The Bertz CT molecular complexity index is 824. The Morgan fingerprint density at radius 1 is 1.19 bits per heavy atom. The molecule has 27 heavy (non-hydrogen) atoms. The van der Waals surface area contributed by atoms with Crippen LogP contribution >= 0.6 is 11.6 Å². The summed E-state index contributed by atoms with van der Waals surface area (Å²) in [5.74, 6) is -0.579. The first-order valence-corrected chi connectivity index (χ1v) is 8.64. The Labute approximate surface area is 160 Å². The summed E-state index contributed by atoms with van der Waals surface area (Å²) in [6.45, 7) is 0.0157. The van der Waals surface area contributed by atoms with Gasteiger partial charge >= 0.3 is 5.97 Å². The number of carbonyl (C=O) groups excluding carboxylic acids is 2. The highest BCUT2D eigenvalue weighted by molar-refractivity contribution is 6.31. The topological polar surface area (TPSA) is 73.9 Å². The van der Waals surface area contributed by atoms with Crippen LogP contribution < -0.4 is 14.8 Å². The number of halogens is 2. The molecule has 1 amide bonds. The predicted octanol–water partition coefficient (Wildman–Crippen LogP) is 2.52.